The number of amides is 1. The van der Waals surface area contributed by atoms with Gasteiger partial charge in [0.2, 0.25) is 0 Å². The van der Waals surface area contributed by atoms with Gasteiger partial charge in [-0.05, 0) is 12.1 Å². The molecule has 2 rings (SSSR count). The summed E-state index contributed by atoms with van der Waals surface area (Å²) >= 11 is 0. The fourth-order valence-electron chi connectivity index (χ4n) is 1.83. The van der Waals surface area contributed by atoms with Crippen LogP contribution in [0.2, 0.25) is 0 Å². The zero-order chi connectivity index (χ0) is 12.8. The van der Waals surface area contributed by atoms with E-state index in [0.29, 0.717) is 31.1 Å². The van der Waals surface area contributed by atoms with Crippen molar-refractivity contribution in [2.45, 2.75) is 0 Å². The number of nitrogens with one attached hydrogen (secondary N) is 1. The normalized spacial score (nSPS) is 14.4. The Kier molecular flexibility index (Phi) is 6.32. The molecule has 104 valence electrons. The van der Waals surface area contributed by atoms with E-state index in [2.05, 4.69) is 16.9 Å². The maximum absolute atomic E-state index is 12.3. The van der Waals surface area contributed by atoms with Crippen molar-refractivity contribution in [1.82, 2.24) is 15.2 Å². The fourth-order valence-corrected chi connectivity index (χ4v) is 1.83. The van der Waals surface area contributed by atoms with Gasteiger partial charge in [-0.3, -0.25) is 4.79 Å². The monoisotopic (exact) mass is 283 g/mol. The zero-order valence-electron chi connectivity index (χ0n) is 10.7. The number of hydrogen-bond donors (Lipinski definition) is 1. The highest BCUT2D eigenvalue weighted by Crippen LogP contribution is 2.17. The molecule has 0 spiro atoms. The summed E-state index contributed by atoms with van der Waals surface area (Å²) in [6, 6.07) is 3.51. The molecule has 19 heavy (non-hydrogen) atoms. The molecule has 1 fully saturated rings. The van der Waals surface area contributed by atoms with Gasteiger partial charge in [-0.25, -0.2) is 4.98 Å². The first-order valence-electron chi connectivity index (χ1n) is 6.01. The fraction of sp³-hybridized carbons (Fsp3) is 0.385. The van der Waals surface area contributed by atoms with E-state index in [1.165, 1.54) is 0 Å². The number of halogens is 1. The van der Waals surface area contributed by atoms with Crippen molar-refractivity contribution < 1.29 is 9.53 Å². The van der Waals surface area contributed by atoms with Crippen molar-refractivity contribution in [1.29, 1.82) is 0 Å². The Morgan fingerprint density at radius 2 is 2.26 bits per heavy atom. The van der Waals surface area contributed by atoms with Crippen molar-refractivity contribution in [3.05, 3.63) is 36.7 Å². The summed E-state index contributed by atoms with van der Waals surface area (Å²) in [5, 5.41) is 3.21. The predicted octanol–water partition coefficient (Wildman–Crippen LogP) is 1.11. The highest BCUT2D eigenvalue weighted by Gasteiger charge is 2.22. The van der Waals surface area contributed by atoms with Crippen LogP contribution in [0.15, 0.2) is 31.0 Å². The van der Waals surface area contributed by atoms with Crippen molar-refractivity contribution in [2.75, 3.05) is 32.8 Å². The average Bonchev–Trinajstić information content (AvgIpc) is 2.45. The summed E-state index contributed by atoms with van der Waals surface area (Å²) in [6.45, 7) is 7.01. The molecule has 5 nitrogen and oxygen atoms in total. The van der Waals surface area contributed by atoms with E-state index >= 15 is 0 Å². The summed E-state index contributed by atoms with van der Waals surface area (Å²) < 4.78 is 5.45. The first-order chi connectivity index (χ1) is 8.83. The summed E-state index contributed by atoms with van der Waals surface area (Å²) in [4.78, 5) is 18.2. The highest BCUT2D eigenvalue weighted by molar-refractivity contribution is 5.95. The number of carbonyl (C=O) groups excluding carboxylic acids is 1. The van der Waals surface area contributed by atoms with Gasteiger partial charge in [0, 0.05) is 32.4 Å². The predicted molar refractivity (Wildman–Crippen MR) is 76.0 cm³/mol. The lowest BCUT2D eigenvalue weighted by Crippen LogP contribution is -2.46. The Morgan fingerprint density at radius 3 is 2.95 bits per heavy atom. The van der Waals surface area contributed by atoms with Crippen molar-refractivity contribution in [3.63, 3.8) is 0 Å². The molecule has 1 amide bonds. The van der Waals surface area contributed by atoms with E-state index in [9.17, 15) is 4.79 Å². The highest BCUT2D eigenvalue weighted by atomic mass is 35.5. The molecule has 0 atom stereocenters. The molecule has 1 aromatic heterocycles. The quantitative estimate of drug-likeness (QED) is 0.841. The number of aromatic nitrogens is 1. The van der Waals surface area contributed by atoms with E-state index in [-0.39, 0.29) is 18.3 Å². The first kappa shape index (κ1) is 15.5. The van der Waals surface area contributed by atoms with E-state index in [4.69, 9.17) is 4.74 Å². The molecule has 0 unspecified atom stereocenters. The van der Waals surface area contributed by atoms with Gasteiger partial charge in [0.1, 0.15) is 6.61 Å². The number of pyridine rings is 1. The molecule has 1 aromatic rings. The van der Waals surface area contributed by atoms with Crippen LogP contribution in [-0.2, 0) is 0 Å². The number of ether oxygens (including phenoxy) is 1. The van der Waals surface area contributed by atoms with Gasteiger partial charge in [0.25, 0.3) is 5.91 Å². The van der Waals surface area contributed by atoms with Gasteiger partial charge in [-0.15, -0.1) is 12.4 Å². The third kappa shape index (κ3) is 3.94. The van der Waals surface area contributed by atoms with Gasteiger partial charge in [-0.2, -0.15) is 0 Å². The van der Waals surface area contributed by atoms with Crippen LogP contribution in [0.4, 0.5) is 0 Å². The Bertz CT molecular complexity index is 434. The van der Waals surface area contributed by atoms with Crippen LogP contribution in [0.3, 0.4) is 0 Å². The molecular weight excluding hydrogens is 266 g/mol. The zero-order valence-corrected chi connectivity index (χ0v) is 11.5. The minimum atomic E-state index is -0.0730. The van der Waals surface area contributed by atoms with Crippen LogP contribution >= 0.6 is 12.4 Å². The van der Waals surface area contributed by atoms with Crippen LogP contribution in [0.25, 0.3) is 0 Å². The second-order valence-electron chi connectivity index (χ2n) is 3.99. The Labute approximate surface area is 119 Å². The SMILES string of the molecule is C=CCOc1cccnc1C(=O)N1CCNCC1.Cl. The summed E-state index contributed by atoms with van der Waals surface area (Å²) in [5.74, 6) is 0.442. The number of rotatable bonds is 4. The van der Waals surface area contributed by atoms with E-state index in [1.807, 2.05) is 0 Å². The molecule has 0 bridgehead atoms. The smallest absolute Gasteiger partial charge is 0.276 e. The van der Waals surface area contributed by atoms with Crippen LogP contribution in [-0.4, -0.2) is 48.6 Å². The average molecular weight is 284 g/mol. The van der Waals surface area contributed by atoms with E-state index < -0.39 is 0 Å². The topological polar surface area (TPSA) is 54.5 Å². The van der Waals surface area contributed by atoms with Gasteiger partial charge >= 0.3 is 0 Å². The Hall–Kier alpha value is -1.59. The van der Waals surface area contributed by atoms with Crippen molar-refractivity contribution in [3.8, 4) is 5.75 Å². The molecule has 2 heterocycles. The van der Waals surface area contributed by atoms with Gasteiger partial charge in [-0.1, -0.05) is 12.7 Å². The molecule has 1 aliphatic rings. The second-order valence-corrected chi connectivity index (χ2v) is 3.99. The first-order valence-corrected chi connectivity index (χ1v) is 6.01. The summed E-state index contributed by atoms with van der Waals surface area (Å²) in [6.07, 6.45) is 3.25. The molecule has 1 N–H and O–H groups in total. The molecular formula is C13H18ClN3O2. The van der Waals surface area contributed by atoms with E-state index in [1.54, 1.807) is 29.3 Å². The van der Waals surface area contributed by atoms with Gasteiger partial charge < -0.3 is 15.0 Å². The molecule has 0 saturated carbocycles. The third-order valence-corrected chi connectivity index (χ3v) is 2.73. The Balaban J connectivity index is 0.00000180. The van der Waals surface area contributed by atoms with Gasteiger partial charge in [0.05, 0.1) is 0 Å². The molecule has 6 heteroatoms. The number of hydrogen-bond acceptors (Lipinski definition) is 4. The summed E-state index contributed by atoms with van der Waals surface area (Å²) in [5.41, 5.74) is 0.376. The minimum absolute atomic E-state index is 0. The van der Waals surface area contributed by atoms with Gasteiger partial charge in [0.15, 0.2) is 11.4 Å². The number of nitrogens with zero attached hydrogens (tertiary/aromatic N) is 2. The lowest BCUT2D eigenvalue weighted by Gasteiger charge is -2.27. The standard InChI is InChI=1S/C13H17N3O2.ClH/c1-2-10-18-11-4-3-5-15-12(11)13(17)16-8-6-14-7-9-16;/h2-5,14H,1,6-10H2;1H. The molecule has 1 saturated heterocycles. The number of carbonyl (C=O) groups is 1. The van der Waals surface area contributed by atoms with Crippen LogP contribution < -0.4 is 10.1 Å². The lowest BCUT2D eigenvalue weighted by molar-refractivity contribution is 0.0725. The molecule has 1 aliphatic heterocycles. The van der Waals surface area contributed by atoms with Crippen molar-refractivity contribution >= 4 is 18.3 Å². The molecule has 0 radical (unpaired) electrons. The van der Waals surface area contributed by atoms with Crippen LogP contribution in [0.5, 0.6) is 5.75 Å². The summed E-state index contributed by atoms with van der Waals surface area (Å²) in [7, 11) is 0. The third-order valence-electron chi connectivity index (χ3n) is 2.73. The molecule has 0 aromatic carbocycles. The van der Waals surface area contributed by atoms with Crippen LogP contribution in [0.1, 0.15) is 10.5 Å². The largest absolute Gasteiger partial charge is 0.487 e. The number of piperazine rings is 1. The maximum atomic E-state index is 12.3. The maximum Gasteiger partial charge on any atom is 0.276 e. The Morgan fingerprint density at radius 1 is 1.53 bits per heavy atom. The van der Waals surface area contributed by atoms with Crippen molar-refractivity contribution in [2.24, 2.45) is 0 Å². The van der Waals surface area contributed by atoms with Crippen LogP contribution in [0, 0.1) is 0 Å². The molecule has 0 aliphatic carbocycles. The second kappa shape index (κ2) is 7.76. The minimum Gasteiger partial charge on any atom is -0.487 e. The van der Waals surface area contributed by atoms with E-state index in [0.717, 1.165) is 13.1 Å². The lowest BCUT2D eigenvalue weighted by atomic mass is 10.2.